The fourth-order valence-corrected chi connectivity index (χ4v) is 1.32. The molecule has 0 fully saturated rings. The molecule has 0 saturated heterocycles. The summed E-state index contributed by atoms with van der Waals surface area (Å²) < 4.78 is 8.94. The zero-order valence-corrected chi connectivity index (χ0v) is 12.7. The summed E-state index contributed by atoms with van der Waals surface area (Å²) in [6, 6.07) is 0. The molecule has 0 aromatic heterocycles. The molecule has 0 amide bonds. The summed E-state index contributed by atoms with van der Waals surface area (Å²) in [6.45, 7) is 2.60. The van der Waals surface area contributed by atoms with E-state index in [1.54, 1.807) is 0 Å². The van der Waals surface area contributed by atoms with Crippen molar-refractivity contribution in [3.8, 4) is 0 Å². The Morgan fingerprint density at radius 3 is 2.69 bits per heavy atom. The van der Waals surface area contributed by atoms with Gasteiger partial charge in [-0.2, -0.15) is 4.33 Å². The van der Waals surface area contributed by atoms with Gasteiger partial charge in [-0.25, -0.2) is 0 Å². The van der Waals surface area contributed by atoms with Crippen LogP contribution in [0.4, 0.5) is 0 Å². The van der Waals surface area contributed by atoms with Gasteiger partial charge in [-0.05, 0) is 6.42 Å². The van der Waals surface area contributed by atoms with Crippen LogP contribution in [0.25, 0.3) is 0 Å². The van der Waals surface area contributed by atoms with Gasteiger partial charge in [0.2, 0.25) is 0 Å². The molecule has 7 heteroatoms. The van der Waals surface area contributed by atoms with Gasteiger partial charge in [0.05, 0.1) is 13.0 Å². The van der Waals surface area contributed by atoms with Crippen LogP contribution in [0.3, 0.4) is 0 Å². The second-order valence-corrected chi connectivity index (χ2v) is 3.77. The predicted molar refractivity (Wildman–Crippen MR) is 54.3 cm³/mol. The van der Waals surface area contributed by atoms with Gasteiger partial charge in [0, 0.05) is 17.8 Å². The zero-order valence-electron chi connectivity index (χ0n) is 9.90. The molecule has 90 valence electrons. The molecule has 0 heterocycles. The molecule has 0 spiro atoms. The molecule has 16 heavy (non-hydrogen) atoms. The van der Waals surface area contributed by atoms with Crippen molar-refractivity contribution >= 4 is 18.0 Å². The molecule has 0 saturated carbocycles. The van der Waals surface area contributed by atoms with E-state index in [1.807, 2.05) is 0 Å². The van der Waals surface area contributed by atoms with Crippen molar-refractivity contribution in [1.29, 1.82) is 0 Å². The standard InChI is InChI=1S/C9H18O5S.Na/c1-2-3-4-5-7-12-9(10)6-8-15-14-13-11;/h11H,2-8H2,1H3;/q;+1/p-1. The van der Waals surface area contributed by atoms with Crippen molar-refractivity contribution in [2.75, 3.05) is 12.4 Å². The van der Waals surface area contributed by atoms with E-state index >= 15 is 0 Å². The average molecular weight is 260 g/mol. The van der Waals surface area contributed by atoms with Gasteiger partial charge in [-0.15, -0.1) is 0 Å². The molecule has 0 bridgehead atoms. The number of unbranched alkanes of at least 4 members (excludes halogenated alkanes) is 3. The number of esters is 1. The SMILES string of the molecule is CCCCCCOC(=O)CCSOO[O-].[Na+]. The van der Waals surface area contributed by atoms with E-state index in [1.165, 1.54) is 6.42 Å². The first-order valence-electron chi connectivity index (χ1n) is 5.05. The van der Waals surface area contributed by atoms with Gasteiger partial charge >= 0.3 is 35.5 Å². The smallest absolute Gasteiger partial charge is 0.691 e. The number of carbonyl (C=O) groups is 1. The monoisotopic (exact) mass is 260 g/mol. The third-order valence-corrected chi connectivity index (χ3v) is 2.25. The Kier molecular flexibility index (Phi) is 18.7. The van der Waals surface area contributed by atoms with E-state index in [2.05, 4.69) is 16.3 Å². The van der Waals surface area contributed by atoms with E-state index in [-0.39, 0.29) is 41.9 Å². The normalized spacial score (nSPS) is 9.62. The average Bonchev–Trinajstić information content (AvgIpc) is 2.24. The van der Waals surface area contributed by atoms with Crippen molar-refractivity contribution in [1.82, 2.24) is 0 Å². The fourth-order valence-electron chi connectivity index (χ4n) is 0.966. The second kappa shape index (κ2) is 15.7. The maximum Gasteiger partial charge on any atom is 1.00 e. The first-order valence-corrected chi connectivity index (χ1v) is 5.96. The second-order valence-electron chi connectivity index (χ2n) is 2.99. The van der Waals surface area contributed by atoms with E-state index in [0.717, 1.165) is 31.3 Å². The fraction of sp³-hybridized carbons (Fsp3) is 0.889. The summed E-state index contributed by atoms with van der Waals surface area (Å²) in [6.07, 6.45) is 4.56. The van der Waals surface area contributed by atoms with Crippen LogP contribution in [-0.4, -0.2) is 18.3 Å². The molecule has 0 aliphatic rings. The molecule has 0 aliphatic carbocycles. The summed E-state index contributed by atoms with van der Waals surface area (Å²) in [5.41, 5.74) is 0. The predicted octanol–water partition coefficient (Wildman–Crippen LogP) is -1.62. The van der Waals surface area contributed by atoms with Gasteiger partial charge in [-0.3, -0.25) is 9.83 Å². The summed E-state index contributed by atoms with van der Waals surface area (Å²) in [5.74, 6) is 0.0873. The zero-order chi connectivity index (χ0) is 11.4. The number of hydrogen-bond donors (Lipinski definition) is 0. The first kappa shape index (κ1) is 19.0. The molecular weight excluding hydrogens is 243 g/mol. The van der Waals surface area contributed by atoms with Crippen LogP contribution in [0.15, 0.2) is 0 Å². The van der Waals surface area contributed by atoms with Gasteiger partial charge in [-0.1, -0.05) is 26.2 Å². The van der Waals surface area contributed by atoms with E-state index < -0.39 is 0 Å². The minimum Gasteiger partial charge on any atom is -0.691 e. The first-order chi connectivity index (χ1) is 7.31. The minimum atomic E-state index is -0.270. The Balaban J connectivity index is 0. The van der Waals surface area contributed by atoms with Crippen molar-refractivity contribution in [3.63, 3.8) is 0 Å². The van der Waals surface area contributed by atoms with Crippen LogP contribution in [0.2, 0.25) is 0 Å². The molecule has 0 aliphatic heterocycles. The van der Waals surface area contributed by atoms with Gasteiger partial charge in [0.25, 0.3) is 0 Å². The molecule has 0 aromatic rings. The largest absolute Gasteiger partial charge is 1.00 e. The quantitative estimate of drug-likeness (QED) is 0.117. The van der Waals surface area contributed by atoms with Gasteiger partial charge in [0.1, 0.15) is 0 Å². The molecule has 0 rings (SSSR count). The van der Waals surface area contributed by atoms with E-state index in [0.29, 0.717) is 12.4 Å². The Morgan fingerprint density at radius 2 is 2.06 bits per heavy atom. The Bertz CT molecular complexity index is 159. The summed E-state index contributed by atoms with van der Waals surface area (Å²) in [5, 5.41) is 12.5. The third-order valence-electron chi connectivity index (χ3n) is 1.73. The van der Waals surface area contributed by atoms with E-state index in [9.17, 15) is 10.1 Å². The maximum atomic E-state index is 11.0. The van der Waals surface area contributed by atoms with Crippen molar-refractivity contribution in [2.24, 2.45) is 0 Å². The van der Waals surface area contributed by atoms with Crippen molar-refractivity contribution < 1.29 is 53.7 Å². The Labute approximate surface area is 123 Å². The molecule has 0 unspecified atom stereocenters. The van der Waals surface area contributed by atoms with Crippen LogP contribution in [0.1, 0.15) is 39.0 Å². The van der Waals surface area contributed by atoms with Crippen molar-refractivity contribution in [2.45, 2.75) is 39.0 Å². The molecule has 0 atom stereocenters. The van der Waals surface area contributed by atoms with Gasteiger partial charge < -0.3 is 9.99 Å². The molecule has 5 nitrogen and oxygen atoms in total. The van der Waals surface area contributed by atoms with Crippen LogP contribution >= 0.6 is 12.0 Å². The summed E-state index contributed by atoms with van der Waals surface area (Å²) in [7, 11) is 0. The van der Waals surface area contributed by atoms with Gasteiger partial charge in [0.15, 0.2) is 0 Å². The van der Waals surface area contributed by atoms with Crippen LogP contribution in [0.5, 0.6) is 0 Å². The number of hydrogen-bond acceptors (Lipinski definition) is 6. The molecule has 0 aromatic carbocycles. The van der Waals surface area contributed by atoms with Crippen LogP contribution in [0, 0.1) is 0 Å². The minimum absolute atomic E-state index is 0. The topological polar surface area (TPSA) is 67.8 Å². The van der Waals surface area contributed by atoms with Crippen LogP contribution in [-0.2, 0) is 18.9 Å². The summed E-state index contributed by atoms with van der Waals surface area (Å²) in [4.78, 5) is 11.0. The van der Waals surface area contributed by atoms with E-state index in [4.69, 9.17) is 4.74 Å². The third kappa shape index (κ3) is 14.7. The molecule has 0 radical (unpaired) electrons. The summed E-state index contributed by atoms with van der Waals surface area (Å²) >= 11 is 0.793. The molecular formula is C9H17NaO5S. The number of carbonyl (C=O) groups excluding carboxylic acids is 1. The van der Waals surface area contributed by atoms with Crippen LogP contribution < -0.4 is 34.8 Å². The Morgan fingerprint density at radius 1 is 1.31 bits per heavy atom. The Hall–Kier alpha value is 0.700. The number of ether oxygens (including phenoxy) is 1. The van der Waals surface area contributed by atoms with Crippen molar-refractivity contribution in [3.05, 3.63) is 0 Å². The number of rotatable bonds is 10. The maximum absolute atomic E-state index is 11.0. The molecule has 0 N–H and O–H groups in total.